The lowest BCUT2D eigenvalue weighted by Crippen LogP contribution is -2.53. The van der Waals surface area contributed by atoms with E-state index in [9.17, 15) is 0 Å². The number of piperazine rings is 1. The maximum atomic E-state index is 6.28. The number of hydrogen-bond acceptors (Lipinski definition) is 3. The molecule has 0 atom stereocenters. The van der Waals surface area contributed by atoms with Gasteiger partial charge in [0.25, 0.3) is 0 Å². The third kappa shape index (κ3) is 5.03. The SMILES string of the molecule is NCC1(c2cccc(Cl)c2)CCC(N2CCN(CCc3ccccc3)CC2)CC1. The molecule has 3 nitrogen and oxygen atoms in total. The third-order valence-corrected chi connectivity index (χ3v) is 7.46. The monoisotopic (exact) mass is 411 g/mol. The van der Waals surface area contributed by atoms with Crippen molar-refractivity contribution in [2.75, 3.05) is 39.3 Å². The summed E-state index contributed by atoms with van der Waals surface area (Å²) < 4.78 is 0. The Morgan fingerprint density at radius 3 is 2.31 bits per heavy atom. The average molecular weight is 412 g/mol. The Hall–Kier alpha value is -1.39. The van der Waals surface area contributed by atoms with Crippen LogP contribution in [0.2, 0.25) is 5.02 Å². The van der Waals surface area contributed by atoms with Gasteiger partial charge in [-0.2, -0.15) is 0 Å². The summed E-state index contributed by atoms with van der Waals surface area (Å²) in [4.78, 5) is 5.36. The number of hydrogen-bond donors (Lipinski definition) is 1. The Balaban J connectivity index is 1.26. The highest BCUT2D eigenvalue weighted by Crippen LogP contribution is 2.40. The van der Waals surface area contributed by atoms with Crippen molar-refractivity contribution in [3.63, 3.8) is 0 Å². The van der Waals surface area contributed by atoms with Gasteiger partial charge in [0, 0.05) is 55.7 Å². The summed E-state index contributed by atoms with van der Waals surface area (Å²) in [6.45, 7) is 6.68. The van der Waals surface area contributed by atoms with Crippen LogP contribution in [0.1, 0.15) is 36.8 Å². The Kier molecular flexibility index (Phi) is 6.92. The summed E-state index contributed by atoms with van der Waals surface area (Å²) in [5, 5.41) is 0.823. The quantitative estimate of drug-likeness (QED) is 0.767. The average Bonchev–Trinajstić information content (AvgIpc) is 2.79. The molecule has 1 saturated carbocycles. The zero-order valence-electron chi connectivity index (χ0n) is 17.4. The van der Waals surface area contributed by atoms with Crippen molar-refractivity contribution >= 4 is 11.6 Å². The fourth-order valence-electron chi connectivity index (χ4n) is 5.23. The van der Waals surface area contributed by atoms with E-state index in [4.69, 9.17) is 17.3 Å². The van der Waals surface area contributed by atoms with Crippen LogP contribution in [0.25, 0.3) is 0 Å². The molecule has 2 aromatic rings. The van der Waals surface area contributed by atoms with Gasteiger partial charge < -0.3 is 10.6 Å². The van der Waals surface area contributed by atoms with E-state index in [1.54, 1.807) is 0 Å². The summed E-state index contributed by atoms with van der Waals surface area (Å²) in [7, 11) is 0. The molecule has 1 aliphatic carbocycles. The highest BCUT2D eigenvalue weighted by Gasteiger charge is 2.38. The first-order valence-corrected chi connectivity index (χ1v) is 11.5. The molecule has 0 aromatic heterocycles. The van der Waals surface area contributed by atoms with E-state index in [0.717, 1.165) is 11.4 Å². The van der Waals surface area contributed by atoms with E-state index in [2.05, 4.69) is 58.3 Å². The molecular weight excluding hydrogens is 378 g/mol. The van der Waals surface area contributed by atoms with Gasteiger partial charge in [-0.15, -0.1) is 0 Å². The largest absolute Gasteiger partial charge is 0.330 e. The standard InChI is InChI=1S/C25H34ClN3/c26-23-8-4-7-22(19-23)25(20-27)12-9-24(10-13-25)29-17-15-28(16-18-29)14-11-21-5-2-1-3-6-21/h1-8,19,24H,9-18,20,27H2. The molecule has 1 saturated heterocycles. The molecule has 2 aromatic carbocycles. The predicted molar refractivity (Wildman–Crippen MR) is 123 cm³/mol. The lowest BCUT2D eigenvalue weighted by Gasteiger charge is -2.46. The van der Waals surface area contributed by atoms with Crippen molar-refractivity contribution in [1.29, 1.82) is 0 Å². The van der Waals surface area contributed by atoms with Gasteiger partial charge in [0.2, 0.25) is 0 Å². The fraction of sp³-hybridized carbons (Fsp3) is 0.520. The van der Waals surface area contributed by atoms with Gasteiger partial charge in [-0.25, -0.2) is 0 Å². The number of benzene rings is 2. The van der Waals surface area contributed by atoms with Gasteiger partial charge >= 0.3 is 0 Å². The predicted octanol–water partition coefficient (Wildman–Crippen LogP) is 4.34. The summed E-state index contributed by atoms with van der Waals surface area (Å²) in [5.41, 5.74) is 9.17. The van der Waals surface area contributed by atoms with Crippen LogP contribution in [0, 0.1) is 0 Å². The summed E-state index contributed by atoms with van der Waals surface area (Å²) >= 11 is 6.26. The molecule has 0 unspecified atom stereocenters. The van der Waals surface area contributed by atoms with Crippen molar-refractivity contribution in [3.05, 3.63) is 70.7 Å². The molecule has 2 aliphatic rings. The van der Waals surface area contributed by atoms with Crippen molar-refractivity contribution in [2.24, 2.45) is 5.73 Å². The van der Waals surface area contributed by atoms with Crippen LogP contribution in [0.5, 0.6) is 0 Å². The van der Waals surface area contributed by atoms with Crippen molar-refractivity contribution in [3.8, 4) is 0 Å². The van der Waals surface area contributed by atoms with E-state index < -0.39 is 0 Å². The molecule has 4 rings (SSSR count). The lowest BCUT2D eigenvalue weighted by atomic mass is 9.68. The molecule has 0 spiro atoms. The van der Waals surface area contributed by atoms with Crippen LogP contribution >= 0.6 is 11.6 Å². The Bertz CT molecular complexity index is 763. The molecule has 0 bridgehead atoms. The van der Waals surface area contributed by atoms with Gasteiger partial charge in [0.15, 0.2) is 0 Å². The smallest absolute Gasteiger partial charge is 0.0408 e. The molecule has 156 valence electrons. The molecule has 4 heteroatoms. The van der Waals surface area contributed by atoms with Crippen LogP contribution < -0.4 is 5.73 Å². The van der Waals surface area contributed by atoms with Crippen LogP contribution in [-0.2, 0) is 11.8 Å². The van der Waals surface area contributed by atoms with Gasteiger partial charge in [-0.1, -0.05) is 54.1 Å². The Labute approximate surface area is 180 Å². The number of halogens is 1. The topological polar surface area (TPSA) is 32.5 Å². The number of nitrogens with zero attached hydrogens (tertiary/aromatic N) is 2. The molecule has 0 amide bonds. The highest BCUT2D eigenvalue weighted by molar-refractivity contribution is 6.30. The summed E-state index contributed by atoms with van der Waals surface area (Å²) in [6.07, 6.45) is 5.98. The molecule has 1 heterocycles. The summed E-state index contributed by atoms with van der Waals surface area (Å²) in [6, 6.07) is 19.9. The van der Waals surface area contributed by atoms with Crippen LogP contribution in [0.3, 0.4) is 0 Å². The zero-order chi connectivity index (χ0) is 20.1. The van der Waals surface area contributed by atoms with Crippen molar-refractivity contribution in [1.82, 2.24) is 9.80 Å². The fourth-order valence-corrected chi connectivity index (χ4v) is 5.42. The maximum absolute atomic E-state index is 6.28. The first kappa shape index (κ1) is 20.9. The van der Waals surface area contributed by atoms with E-state index in [-0.39, 0.29) is 5.41 Å². The molecular formula is C25H34ClN3. The molecule has 1 aliphatic heterocycles. The molecule has 2 N–H and O–H groups in total. The molecule has 2 fully saturated rings. The van der Waals surface area contributed by atoms with Gasteiger partial charge in [0.05, 0.1) is 0 Å². The summed E-state index contributed by atoms with van der Waals surface area (Å²) in [5.74, 6) is 0. The van der Waals surface area contributed by atoms with Crippen LogP contribution in [-0.4, -0.2) is 55.1 Å². The van der Waals surface area contributed by atoms with E-state index in [1.807, 2.05) is 6.07 Å². The first-order valence-electron chi connectivity index (χ1n) is 11.1. The van der Waals surface area contributed by atoms with E-state index in [0.29, 0.717) is 12.6 Å². The lowest BCUT2D eigenvalue weighted by molar-refractivity contribution is 0.0663. The zero-order valence-corrected chi connectivity index (χ0v) is 18.2. The minimum atomic E-state index is 0.110. The van der Waals surface area contributed by atoms with Gasteiger partial charge in [-0.05, 0) is 55.4 Å². The Morgan fingerprint density at radius 1 is 0.931 bits per heavy atom. The third-order valence-electron chi connectivity index (χ3n) is 7.22. The van der Waals surface area contributed by atoms with Crippen molar-refractivity contribution < 1.29 is 0 Å². The molecule has 0 radical (unpaired) electrons. The molecule has 29 heavy (non-hydrogen) atoms. The van der Waals surface area contributed by atoms with Crippen molar-refractivity contribution in [2.45, 2.75) is 43.6 Å². The highest BCUT2D eigenvalue weighted by atomic mass is 35.5. The number of rotatable bonds is 6. The second-order valence-electron chi connectivity index (χ2n) is 8.84. The second kappa shape index (κ2) is 9.61. The maximum Gasteiger partial charge on any atom is 0.0408 e. The van der Waals surface area contributed by atoms with E-state index >= 15 is 0 Å². The Morgan fingerprint density at radius 2 is 1.66 bits per heavy atom. The minimum Gasteiger partial charge on any atom is -0.330 e. The minimum absolute atomic E-state index is 0.110. The first-order chi connectivity index (χ1) is 14.2. The second-order valence-corrected chi connectivity index (χ2v) is 9.28. The van der Waals surface area contributed by atoms with Crippen LogP contribution in [0.15, 0.2) is 54.6 Å². The normalized spacial score (nSPS) is 26.5. The van der Waals surface area contributed by atoms with Gasteiger partial charge in [0.1, 0.15) is 0 Å². The van der Waals surface area contributed by atoms with Gasteiger partial charge in [-0.3, -0.25) is 4.90 Å². The number of nitrogens with two attached hydrogens (primary N) is 1. The van der Waals surface area contributed by atoms with E-state index in [1.165, 1.54) is 69.5 Å². The van der Waals surface area contributed by atoms with Crippen LogP contribution in [0.4, 0.5) is 0 Å².